The Morgan fingerprint density at radius 1 is 0.950 bits per heavy atom. The second-order valence-electron chi connectivity index (χ2n) is 4.47. The molecule has 0 saturated carbocycles. The SMILES string of the molecule is C1=CC2=CC=CC2=C1.C[Si](C)C.[C-]1=CCC=C1.[Cl-].[Cl-].[Ti+3]. The second-order valence-corrected chi connectivity index (χ2v) is 7.47. The topological polar surface area (TPSA) is 0 Å². The van der Waals surface area contributed by atoms with Gasteiger partial charge in [-0.2, -0.15) is 6.08 Å². The first-order valence-electron chi connectivity index (χ1n) is 5.97. The van der Waals surface area contributed by atoms with E-state index in [-0.39, 0.29) is 55.3 Å². The Kier molecular flexibility index (Phi) is 19.1. The molecule has 0 spiro atoms. The minimum absolute atomic E-state index is 0. The van der Waals surface area contributed by atoms with Crippen LogP contribution in [0.3, 0.4) is 0 Å². The molecular weight excluding hydrogens is 339 g/mol. The summed E-state index contributed by atoms with van der Waals surface area (Å²) < 4.78 is 0. The summed E-state index contributed by atoms with van der Waals surface area (Å²) in [6.07, 6.45) is 22.6. The van der Waals surface area contributed by atoms with E-state index in [0.29, 0.717) is 0 Å². The van der Waals surface area contributed by atoms with E-state index in [1.54, 1.807) is 0 Å². The number of hydrogen-bond donors (Lipinski definition) is 0. The number of halogens is 2. The van der Waals surface area contributed by atoms with Gasteiger partial charge in [-0.05, 0) is 11.1 Å². The van der Waals surface area contributed by atoms with Gasteiger partial charge in [-0.15, -0.1) is 6.42 Å². The van der Waals surface area contributed by atoms with E-state index in [1.165, 1.54) is 11.1 Å². The fraction of sp³-hybridized carbons (Fsp3) is 0.250. The monoisotopic (exact) mass is 358 g/mol. The van der Waals surface area contributed by atoms with Crippen molar-refractivity contribution in [2.45, 2.75) is 26.1 Å². The zero-order chi connectivity index (χ0) is 12.5. The van der Waals surface area contributed by atoms with Crippen molar-refractivity contribution in [1.29, 1.82) is 0 Å². The van der Waals surface area contributed by atoms with Crippen molar-refractivity contribution in [2.24, 2.45) is 0 Å². The zero-order valence-corrected chi connectivity index (χ0v) is 16.2. The fourth-order valence-corrected chi connectivity index (χ4v) is 1.35. The molecule has 3 rings (SSSR count). The summed E-state index contributed by atoms with van der Waals surface area (Å²) in [6.45, 7) is 6.81. The van der Waals surface area contributed by atoms with Crippen LogP contribution in [-0.4, -0.2) is 8.80 Å². The van der Waals surface area contributed by atoms with Gasteiger partial charge in [0.15, 0.2) is 0 Å². The van der Waals surface area contributed by atoms with Crippen molar-refractivity contribution < 1.29 is 46.5 Å². The van der Waals surface area contributed by atoms with Gasteiger partial charge in [0, 0.05) is 8.80 Å². The third-order valence-corrected chi connectivity index (χ3v) is 2.02. The Morgan fingerprint density at radius 2 is 1.40 bits per heavy atom. The van der Waals surface area contributed by atoms with Crippen molar-refractivity contribution in [3.05, 3.63) is 71.9 Å². The molecule has 0 N–H and O–H groups in total. The van der Waals surface area contributed by atoms with Gasteiger partial charge in [0.1, 0.15) is 0 Å². The summed E-state index contributed by atoms with van der Waals surface area (Å²) in [6, 6.07) is 0. The Hall–Kier alpha value is -0.0488. The molecule has 3 aliphatic carbocycles. The van der Waals surface area contributed by atoms with E-state index in [9.17, 15) is 0 Å². The molecule has 106 valence electrons. The van der Waals surface area contributed by atoms with Crippen LogP contribution in [0.1, 0.15) is 6.42 Å². The van der Waals surface area contributed by atoms with Crippen LogP contribution in [-0.2, 0) is 21.7 Å². The van der Waals surface area contributed by atoms with Gasteiger partial charge in [-0.1, -0.05) is 56.1 Å². The molecule has 0 aromatic heterocycles. The summed E-state index contributed by atoms with van der Waals surface area (Å²) in [5.74, 6) is 0. The molecule has 0 nitrogen and oxygen atoms in total. The molecule has 4 heteroatoms. The average molecular weight is 359 g/mol. The van der Waals surface area contributed by atoms with Crippen LogP contribution >= 0.6 is 0 Å². The quantitative estimate of drug-likeness (QED) is 0.371. The standard InChI is InChI=1S/C8H6.C5H5.C3H9Si.2ClH.Ti/c1-3-7-5-2-6-8(7)4-1;1-2-4-5-3-1;1-4(2)3;;;/h1-6H;1-2,5H,3H2;1-3H3;2*1H;/q;-1;;;;+3/p-2. The molecule has 0 atom stereocenters. The number of allylic oxidation sites excluding steroid dienone is 12. The maximum absolute atomic E-state index is 2.92. The third kappa shape index (κ3) is 11.8. The fourth-order valence-electron chi connectivity index (χ4n) is 1.35. The van der Waals surface area contributed by atoms with Crippen LogP contribution in [0.2, 0.25) is 19.6 Å². The van der Waals surface area contributed by atoms with Gasteiger partial charge < -0.3 is 24.8 Å². The molecule has 0 amide bonds. The average Bonchev–Trinajstić information content (AvgIpc) is 2.97. The summed E-state index contributed by atoms with van der Waals surface area (Å²) in [7, 11) is 0.120. The Balaban J connectivity index is -0.000000216. The van der Waals surface area contributed by atoms with E-state index in [2.05, 4.69) is 68.2 Å². The largest absolute Gasteiger partial charge is 3.00 e. The van der Waals surface area contributed by atoms with E-state index in [1.807, 2.05) is 12.2 Å². The first-order valence-corrected chi connectivity index (χ1v) is 8.97. The molecule has 0 bridgehead atoms. The molecule has 0 unspecified atom stereocenters. The Morgan fingerprint density at radius 3 is 1.65 bits per heavy atom. The Labute approximate surface area is 152 Å². The van der Waals surface area contributed by atoms with Crippen molar-refractivity contribution in [2.75, 3.05) is 0 Å². The van der Waals surface area contributed by atoms with Crippen molar-refractivity contribution in [3.63, 3.8) is 0 Å². The van der Waals surface area contributed by atoms with Crippen molar-refractivity contribution >= 4 is 8.80 Å². The molecule has 0 aromatic carbocycles. The van der Waals surface area contributed by atoms with Gasteiger partial charge >= 0.3 is 21.7 Å². The van der Waals surface area contributed by atoms with E-state index >= 15 is 0 Å². The second kappa shape index (κ2) is 15.3. The van der Waals surface area contributed by atoms with Crippen LogP contribution < -0.4 is 24.8 Å². The van der Waals surface area contributed by atoms with E-state index in [0.717, 1.165) is 6.42 Å². The summed E-state index contributed by atoms with van der Waals surface area (Å²) in [4.78, 5) is 0. The van der Waals surface area contributed by atoms with Crippen LogP contribution in [0.5, 0.6) is 0 Å². The predicted octanol–water partition coefficient (Wildman–Crippen LogP) is -1.34. The maximum atomic E-state index is 2.92. The van der Waals surface area contributed by atoms with Crippen LogP contribution in [0.15, 0.2) is 65.8 Å². The van der Waals surface area contributed by atoms with Gasteiger partial charge in [-0.3, -0.25) is 6.08 Å². The molecule has 3 aliphatic rings. The number of rotatable bonds is 0. The van der Waals surface area contributed by atoms with Crippen molar-refractivity contribution in [3.8, 4) is 0 Å². The Bertz CT molecular complexity index is 377. The molecule has 20 heavy (non-hydrogen) atoms. The number of hydrogen-bond acceptors (Lipinski definition) is 0. The van der Waals surface area contributed by atoms with Crippen molar-refractivity contribution in [1.82, 2.24) is 0 Å². The van der Waals surface area contributed by atoms with Crippen LogP contribution in [0.25, 0.3) is 0 Å². The van der Waals surface area contributed by atoms with Gasteiger partial charge in [0.05, 0.1) is 0 Å². The molecule has 0 heterocycles. The smallest absolute Gasteiger partial charge is 1.00 e. The first-order chi connectivity index (χ1) is 8.20. The molecule has 2 radical (unpaired) electrons. The minimum atomic E-state index is 0. The van der Waals surface area contributed by atoms with E-state index in [4.69, 9.17) is 0 Å². The third-order valence-electron chi connectivity index (χ3n) is 2.02. The first kappa shape index (κ1) is 24.9. The molecule has 0 fully saturated rings. The normalized spacial score (nSPS) is 14.6. The van der Waals surface area contributed by atoms with Gasteiger partial charge in [-0.25, -0.2) is 12.2 Å². The maximum Gasteiger partial charge on any atom is 3.00 e. The van der Waals surface area contributed by atoms with Gasteiger partial charge in [0.25, 0.3) is 0 Å². The summed E-state index contributed by atoms with van der Waals surface area (Å²) in [5.41, 5.74) is 2.70. The van der Waals surface area contributed by atoms with Gasteiger partial charge in [0.2, 0.25) is 0 Å². The molecule has 0 saturated heterocycles. The zero-order valence-electron chi connectivity index (χ0n) is 12.2. The number of fused-ring (bicyclic) bond motifs is 1. The molecule has 0 aliphatic heterocycles. The van der Waals surface area contributed by atoms with Crippen LogP contribution in [0, 0.1) is 6.08 Å². The minimum Gasteiger partial charge on any atom is -1.00 e. The summed E-state index contributed by atoms with van der Waals surface area (Å²) in [5, 5.41) is 0. The molecule has 0 aromatic rings. The van der Waals surface area contributed by atoms with E-state index < -0.39 is 0 Å². The van der Waals surface area contributed by atoms with Crippen LogP contribution in [0.4, 0.5) is 0 Å². The summed E-state index contributed by atoms with van der Waals surface area (Å²) >= 11 is 0. The predicted molar refractivity (Wildman–Crippen MR) is 79.4 cm³/mol. The molecular formula is C16H20Cl2SiTi.